The third kappa shape index (κ3) is 5.75. The highest BCUT2D eigenvalue weighted by atomic mass is 16.2. The maximum atomic E-state index is 12.2. The molecule has 0 unspecified atom stereocenters. The fourth-order valence-corrected chi connectivity index (χ4v) is 3.15. The average Bonchev–Trinajstić information content (AvgIpc) is 3.18. The predicted molar refractivity (Wildman–Crippen MR) is 109 cm³/mol. The molecule has 26 heavy (non-hydrogen) atoms. The molecule has 1 saturated heterocycles. The Kier molecular flexibility index (Phi) is 7.49. The molecule has 0 spiro atoms. The average molecular weight is 359 g/mol. The minimum absolute atomic E-state index is 0.0264. The van der Waals surface area contributed by atoms with Gasteiger partial charge in [0.25, 0.3) is 0 Å². The number of nitrogens with zero attached hydrogens (tertiary/aromatic N) is 2. The van der Waals surface area contributed by atoms with Crippen molar-refractivity contribution in [3.63, 3.8) is 0 Å². The van der Waals surface area contributed by atoms with E-state index < -0.39 is 0 Å². The van der Waals surface area contributed by atoms with Crippen LogP contribution >= 0.6 is 0 Å². The van der Waals surface area contributed by atoms with Gasteiger partial charge in [-0.05, 0) is 37.3 Å². The van der Waals surface area contributed by atoms with E-state index >= 15 is 0 Å². The number of benzene rings is 1. The highest BCUT2D eigenvalue weighted by Gasteiger charge is 2.21. The minimum Gasteiger partial charge on any atom is -0.357 e. The van der Waals surface area contributed by atoms with Gasteiger partial charge in [-0.1, -0.05) is 45.0 Å². The first kappa shape index (κ1) is 20.3. The minimum atomic E-state index is -0.0264. The summed E-state index contributed by atoms with van der Waals surface area (Å²) in [5, 5.41) is 6.64. The van der Waals surface area contributed by atoms with E-state index in [1.165, 1.54) is 11.1 Å². The molecule has 0 aromatic heterocycles. The molecule has 1 aliphatic rings. The lowest BCUT2D eigenvalue weighted by Crippen LogP contribution is -2.44. The van der Waals surface area contributed by atoms with Gasteiger partial charge in [0.1, 0.15) is 6.54 Å². The van der Waals surface area contributed by atoms with Gasteiger partial charge in [-0.25, -0.2) is 4.99 Å². The van der Waals surface area contributed by atoms with Gasteiger partial charge in [-0.15, -0.1) is 0 Å². The van der Waals surface area contributed by atoms with Gasteiger partial charge in [-0.3, -0.25) is 4.79 Å². The molecule has 1 aromatic carbocycles. The molecule has 0 saturated carbocycles. The van der Waals surface area contributed by atoms with E-state index in [2.05, 4.69) is 60.7 Å². The van der Waals surface area contributed by atoms with Crippen molar-refractivity contribution in [3.8, 4) is 0 Å². The molecule has 5 nitrogen and oxygen atoms in total. The highest BCUT2D eigenvalue weighted by Crippen LogP contribution is 2.22. The molecular formula is C21H34N4O. The molecule has 0 atom stereocenters. The predicted octanol–water partition coefficient (Wildman–Crippen LogP) is 2.70. The van der Waals surface area contributed by atoms with Gasteiger partial charge in [0.2, 0.25) is 5.91 Å². The summed E-state index contributed by atoms with van der Waals surface area (Å²) in [7, 11) is 0. The van der Waals surface area contributed by atoms with Crippen LogP contribution in [-0.4, -0.2) is 49.5 Å². The lowest BCUT2D eigenvalue weighted by molar-refractivity contribution is -0.128. The lowest BCUT2D eigenvalue weighted by atomic mass is 9.84. The number of rotatable bonds is 7. The van der Waals surface area contributed by atoms with Crippen LogP contribution < -0.4 is 10.6 Å². The van der Waals surface area contributed by atoms with Crippen LogP contribution in [0.15, 0.2) is 29.3 Å². The first-order chi connectivity index (χ1) is 12.5. The number of aryl methyl sites for hydroxylation is 1. The molecule has 0 radical (unpaired) electrons. The second-order valence-electron chi connectivity index (χ2n) is 7.57. The molecule has 2 rings (SSSR count). The molecule has 1 heterocycles. The molecule has 2 N–H and O–H groups in total. The maximum absolute atomic E-state index is 12.2. The lowest BCUT2D eigenvalue weighted by Gasteiger charge is -2.27. The normalized spacial score (nSPS) is 15.2. The van der Waals surface area contributed by atoms with Crippen LogP contribution in [0.5, 0.6) is 0 Å². The summed E-state index contributed by atoms with van der Waals surface area (Å²) >= 11 is 0. The number of likely N-dealkylation sites (tertiary alicyclic amines) is 1. The fraction of sp³-hybridized carbons (Fsp3) is 0.619. The van der Waals surface area contributed by atoms with E-state index in [-0.39, 0.29) is 17.9 Å². The Morgan fingerprint density at radius 2 is 1.77 bits per heavy atom. The monoisotopic (exact) mass is 358 g/mol. The van der Waals surface area contributed by atoms with Crippen LogP contribution in [-0.2, 0) is 16.6 Å². The number of carbonyl (C=O) groups excluding carboxylic acids is 1. The zero-order valence-corrected chi connectivity index (χ0v) is 16.8. The van der Waals surface area contributed by atoms with Crippen LogP contribution in [0.3, 0.4) is 0 Å². The standard InChI is InChI=1S/C21H34N4O/c1-5-17-9-11-18(12-10-17)21(3,4)16-24-20(22-6-2)23-15-19(26)25-13-7-8-14-25/h9-12H,5-8,13-16H2,1-4H3,(H2,22,23,24). The first-order valence-corrected chi connectivity index (χ1v) is 9.85. The number of hydrogen-bond donors (Lipinski definition) is 2. The number of guanidine groups is 1. The smallest absolute Gasteiger partial charge is 0.244 e. The van der Waals surface area contributed by atoms with Gasteiger partial charge < -0.3 is 15.5 Å². The Hall–Kier alpha value is -2.04. The van der Waals surface area contributed by atoms with Crippen molar-refractivity contribution in [1.82, 2.24) is 15.5 Å². The summed E-state index contributed by atoms with van der Waals surface area (Å²) in [5.74, 6) is 0.826. The quantitative estimate of drug-likeness (QED) is 0.582. The molecule has 0 aliphatic carbocycles. The van der Waals surface area contributed by atoms with E-state index in [1.54, 1.807) is 0 Å². The van der Waals surface area contributed by atoms with Gasteiger partial charge in [0.05, 0.1) is 0 Å². The Morgan fingerprint density at radius 3 is 2.35 bits per heavy atom. The molecular weight excluding hydrogens is 324 g/mol. The van der Waals surface area contributed by atoms with Crippen molar-refractivity contribution in [3.05, 3.63) is 35.4 Å². The largest absolute Gasteiger partial charge is 0.357 e. The summed E-state index contributed by atoms with van der Waals surface area (Å²) in [6, 6.07) is 8.82. The van der Waals surface area contributed by atoms with E-state index in [0.29, 0.717) is 5.96 Å². The number of amides is 1. The van der Waals surface area contributed by atoms with E-state index in [1.807, 2.05) is 11.8 Å². The topological polar surface area (TPSA) is 56.7 Å². The molecule has 1 fully saturated rings. The first-order valence-electron chi connectivity index (χ1n) is 9.85. The zero-order valence-electron chi connectivity index (χ0n) is 16.8. The Labute approximate surface area is 158 Å². The van der Waals surface area contributed by atoms with Crippen LogP contribution in [0.4, 0.5) is 0 Å². The molecule has 1 amide bonds. The molecule has 1 aliphatic heterocycles. The fourth-order valence-electron chi connectivity index (χ4n) is 3.15. The molecule has 0 bridgehead atoms. The number of nitrogens with one attached hydrogen (secondary N) is 2. The third-order valence-corrected chi connectivity index (χ3v) is 5.02. The van der Waals surface area contributed by atoms with Crippen molar-refractivity contribution in [2.24, 2.45) is 4.99 Å². The van der Waals surface area contributed by atoms with Crippen molar-refractivity contribution >= 4 is 11.9 Å². The second kappa shape index (κ2) is 9.60. The Morgan fingerprint density at radius 1 is 1.12 bits per heavy atom. The maximum Gasteiger partial charge on any atom is 0.244 e. The van der Waals surface area contributed by atoms with Crippen molar-refractivity contribution in [2.45, 2.75) is 52.4 Å². The molecule has 1 aromatic rings. The van der Waals surface area contributed by atoms with Crippen LogP contribution in [0.25, 0.3) is 0 Å². The van der Waals surface area contributed by atoms with Crippen LogP contribution in [0, 0.1) is 0 Å². The van der Waals surface area contributed by atoms with E-state index in [4.69, 9.17) is 0 Å². The summed E-state index contributed by atoms with van der Waals surface area (Å²) < 4.78 is 0. The van der Waals surface area contributed by atoms with Gasteiger partial charge in [0.15, 0.2) is 5.96 Å². The summed E-state index contributed by atoms with van der Waals surface area (Å²) in [5.41, 5.74) is 2.63. The third-order valence-electron chi connectivity index (χ3n) is 5.02. The van der Waals surface area contributed by atoms with Crippen molar-refractivity contribution in [1.29, 1.82) is 0 Å². The van der Waals surface area contributed by atoms with Gasteiger partial charge in [0, 0.05) is 31.6 Å². The number of hydrogen-bond acceptors (Lipinski definition) is 2. The Bertz CT molecular complexity index is 601. The van der Waals surface area contributed by atoms with E-state index in [9.17, 15) is 4.79 Å². The van der Waals surface area contributed by atoms with Crippen LogP contribution in [0.1, 0.15) is 51.7 Å². The molecule has 5 heteroatoms. The molecule has 144 valence electrons. The summed E-state index contributed by atoms with van der Waals surface area (Å²) in [6.45, 7) is 12.1. The summed E-state index contributed by atoms with van der Waals surface area (Å²) in [6.07, 6.45) is 3.28. The van der Waals surface area contributed by atoms with Crippen molar-refractivity contribution < 1.29 is 4.79 Å². The van der Waals surface area contributed by atoms with Gasteiger partial charge >= 0.3 is 0 Å². The Balaban J connectivity index is 1.94. The highest BCUT2D eigenvalue weighted by molar-refractivity contribution is 5.85. The van der Waals surface area contributed by atoms with Crippen molar-refractivity contribution in [2.75, 3.05) is 32.7 Å². The SMILES string of the molecule is CCNC(=NCC(=O)N1CCCC1)NCC(C)(C)c1ccc(CC)cc1. The summed E-state index contributed by atoms with van der Waals surface area (Å²) in [4.78, 5) is 18.6. The second-order valence-corrected chi connectivity index (χ2v) is 7.57. The van der Waals surface area contributed by atoms with Crippen LogP contribution in [0.2, 0.25) is 0 Å². The zero-order chi connectivity index (χ0) is 19.0. The van der Waals surface area contributed by atoms with Gasteiger partial charge in [-0.2, -0.15) is 0 Å². The number of carbonyl (C=O) groups is 1. The van der Waals surface area contributed by atoms with E-state index in [0.717, 1.165) is 45.4 Å². The number of aliphatic imine (C=N–C) groups is 1.